The first kappa shape index (κ1) is 14.3. The first-order valence-electron chi connectivity index (χ1n) is 10.5. The Bertz CT molecular complexity index is 1290. The predicted octanol–water partition coefficient (Wildman–Crippen LogP) is 6.29. The minimum atomic E-state index is -1.40. The van der Waals surface area contributed by atoms with E-state index >= 15 is 0 Å². The van der Waals surface area contributed by atoms with Crippen molar-refractivity contribution in [1.82, 2.24) is 9.97 Å². The number of nitrogens with zero attached hydrogens (tertiary/aromatic N) is 2. The molecule has 27 heavy (non-hydrogen) atoms. The Balaban J connectivity index is 1.94. The molecule has 0 amide bonds. The van der Waals surface area contributed by atoms with E-state index < -0.39 is 6.37 Å². The summed E-state index contributed by atoms with van der Waals surface area (Å²) >= 11 is 0. The van der Waals surface area contributed by atoms with Crippen molar-refractivity contribution >= 4 is 21.5 Å². The summed E-state index contributed by atoms with van der Waals surface area (Å²) in [5, 5.41) is 4.50. The van der Waals surface area contributed by atoms with Crippen LogP contribution >= 0.6 is 0 Å². The van der Waals surface area contributed by atoms with Gasteiger partial charge < -0.3 is 0 Å². The van der Waals surface area contributed by atoms with E-state index in [9.17, 15) is 0 Å². The zero-order valence-corrected chi connectivity index (χ0v) is 16.2. The number of aromatic nitrogens is 2. The highest BCUT2D eigenvalue weighted by Gasteiger charge is 2.35. The molecule has 2 heteroatoms. The van der Waals surface area contributed by atoms with Gasteiger partial charge in [0.15, 0.2) is 0 Å². The van der Waals surface area contributed by atoms with E-state index in [1.165, 1.54) is 10.9 Å². The van der Waals surface area contributed by atoms with Crippen LogP contribution in [-0.4, -0.2) is 9.97 Å². The molecule has 0 radical (unpaired) electrons. The molecule has 134 valence electrons. The van der Waals surface area contributed by atoms with Crippen LogP contribution in [0.5, 0.6) is 0 Å². The summed E-state index contributed by atoms with van der Waals surface area (Å²) in [6, 6.07) is 12.5. The van der Waals surface area contributed by atoms with Gasteiger partial charge in [-0.1, -0.05) is 52.0 Å². The molecule has 1 aliphatic carbocycles. The van der Waals surface area contributed by atoms with E-state index in [1.54, 1.807) is 0 Å². The van der Waals surface area contributed by atoms with Crippen LogP contribution in [0.1, 0.15) is 47.1 Å². The molecule has 2 heterocycles. The van der Waals surface area contributed by atoms with E-state index in [-0.39, 0.29) is 11.3 Å². The normalized spacial score (nSPS) is 16.3. The molecule has 0 saturated carbocycles. The first-order chi connectivity index (χ1) is 13.7. The van der Waals surface area contributed by atoms with Crippen LogP contribution in [0.4, 0.5) is 0 Å². The van der Waals surface area contributed by atoms with Gasteiger partial charge in [0.2, 0.25) is 0 Å². The van der Waals surface area contributed by atoms with Gasteiger partial charge in [0.25, 0.3) is 0 Å². The first-order valence-corrected chi connectivity index (χ1v) is 9.54. The third-order valence-corrected chi connectivity index (χ3v) is 5.69. The lowest BCUT2D eigenvalue weighted by Crippen LogP contribution is -2.25. The minimum absolute atomic E-state index is 0.112. The van der Waals surface area contributed by atoms with E-state index in [0.29, 0.717) is 0 Å². The van der Waals surface area contributed by atoms with Crippen molar-refractivity contribution in [2.24, 2.45) is 5.92 Å². The van der Waals surface area contributed by atoms with Crippen LogP contribution in [0.25, 0.3) is 32.8 Å². The summed E-state index contributed by atoms with van der Waals surface area (Å²) in [7, 11) is 0. The largest absolute Gasteiger partial charge is 0.264 e. The summed E-state index contributed by atoms with van der Waals surface area (Å²) in [6.07, 6.45) is 4.20. The Hall–Kier alpha value is -2.74. The van der Waals surface area contributed by atoms with Crippen molar-refractivity contribution in [2.45, 2.75) is 39.5 Å². The Kier molecular flexibility index (Phi) is 2.99. The van der Waals surface area contributed by atoms with Crippen molar-refractivity contribution < 1.29 is 2.74 Å². The van der Waals surface area contributed by atoms with Crippen molar-refractivity contribution in [3.63, 3.8) is 0 Å². The number of benzene rings is 2. The monoisotopic (exact) mass is 354 g/mol. The van der Waals surface area contributed by atoms with Crippen LogP contribution in [0.2, 0.25) is 0 Å². The number of fused-ring (bicyclic) bond motifs is 4. The van der Waals surface area contributed by atoms with Gasteiger partial charge in [-0.2, -0.15) is 0 Å². The molecule has 0 aliphatic heterocycles. The van der Waals surface area contributed by atoms with Gasteiger partial charge in [-0.25, -0.2) is 0 Å². The van der Waals surface area contributed by atoms with E-state index in [2.05, 4.69) is 43.1 Å². The molecule has 0 fully saturated rings. The average molecular weight is 354 g/mol. The number of rotatable bonds is 2. The summed E-state index contributed by atoms with van der Waals surface area (Å²) < 4.78 is 17.4. The van der Waals surface area contributed by atoms with Gasteiger partial charge in [0, 0.05) is 43.1 Å². The smallest absolute Gasteiger partial charge is 0.0786 e. The molecular weight excluding hydrogens is 328 g/mol. The van der Waals surface area contributed by atoms with Gasteiger partial charge >= 0.3 is 0 Å². The molecule has 1 aliphatic rings. The second kappa shape index (κ2) is 5.63. The Labute approximate surface area is 163 Å². The van der Waals surface area contributed by atoms with Gasteiger partial charge in [-0.15, -0.1) is 0 Å². The van der Waals surface area contributed by atoms with Crippen molar-refractivity contribution in [1.29, 1.82) is 0 Å². The molecule has 0 spiro atoms. The Morgan fingerprint density at radius 3 is 2.70 bits per heavy atom. The van der Waals surface area contributed by atoms with Gasteiger partial charge in [-0.3, -0.25) is 9.97 Å². The van der Waals surface area contributed by atoms with Gasteiger partial charge in [0.05, 0.1) is 5.69 Å². The fourth-order valence-electron chi connectivity index (χ4n) is 4.60. The molecule has 0 bridgehead atoms. The molecule has 2 aromatic carbocycles. The highest BCUT2D eigenvalue weighted by atomic mass is 14.7. The third-order valence-electron chi connectivity index (χ3n) is 5.69. The fraction of sp³-hybridized carbons (Fsp3) is 0.280. The summed E-state index contributed by atoms with van der Waals surface area (Å²) in [5.74, 6) is -0.112. The highest BCUT2D eigenvalue weighted by Crippen LogP contribution is 2.50. The minimum Gasteiger partial charge on any atom is -0.264 e. The molecule has 2 aromatic heterocycles. The summed E-state index contributed by atoms with van der Waals surface area (Å²) in [5.41, 5.74) is 4.99. The lowest BCUT2D eigenvalue weighted by atomic mass is 9.68. The second-order valence-electron chi connectivity index (χ2n) is 8.29. The molecule has 5 rings (SSSR count). The maximum Gasteiger partial charge on any atom is 0.0786 e. The number of pyridine rings is 2. The lowest BCUT2D eigenvalue weighted by molar-refractivity contribution is 0.633. The van der Waals surface area contributed by atoms with Gasteiger partial charge in [-0.05, 0) is 51.9 Å². The molecule has 2 nitrogen and oxygen atoms in total. The van der Waals surface area contributed by atoms with Crippen molar-refractivity contribution in [3.05, 3.63) is 71.7 Å². The topological polar surface area (TPSA) is 25.8 Å². The zero-order valence-electron chi connectivity index (χ0n) is 18.2. The Morgan fingerprint density at radius 2 is 1.89 bits per heavy atom. The van der Waals surface area contributed by atoms with Crippen LogP contribution in [0.3, 0.4) is 0 Å². The maximum absolute atomic E-state index is 8.69. The number of hydrogen-bond acceptors (Lipinski definition) is 2. The summed E-state index contributed by atoms with van der Waals surface area (Å²) in [4.78, 5) is 9.06. The van der Waals surface area contributed by atoms with Crippen LogP contribution in [0.15, 0.2) is 55.0 Å². The van der Waals surface area contributed by atoms with Crippen LogP contribution in [0, 0.1) is 5.92 Å². The average Bonchev–Trinajstić information content (AvgIpc) is 2.70. The quantitative estimate of drug-likeness (QED) is 0.423. The second-order valence-corrected chi connectivity index (χ2v) is 8.29. The SMILES string of the molecule is [2H]C([2H])(c1cc2c3c(nccc3c1)-c1ccc3cnccc3c1C2(C)C)C(C)C. The predicted molar refractivity (Wildman–Crippen MR) is 113 cm³/mol. The molecule has 4 aromatic rings. The fourth-order valence-corrected chi connectivity index (χ4v) is 4.60. The van der Waals surface area contributed by atoms with Crippen molar-refractivity contribution in [3.8, 4) is 11.3 Å². The summed E-state index contributed by atoms with van der Waals surface area (Å²) in [6.45, 7) is 8.36. The molecule has 0 unspecified atom stereocenters. The molecule has 0 atom stereocenters. The standard InChI is InChI=1S/C25H24N2/c1-15(2)11-16-12-17-7-10-27-24-20-6-5-18-14-26-9-8-19(18)23(20)25(3,4)21(13-16)22(17)24/h5-10,12-15H,11H2,1-4H3/i11D2. The maximum atomic E-state index is 8.69. The number of hydrogen-bond donors (Lipinski definition) is 0. The van der Waals surface area contributed by atoms with Gasteiger partial charge in [0.1, 0.15) is 0 Å². The highest BCUT2D eigenvalue weighted by molar-refractivity contribution is 6.05. The van der Waals surface area contributed by atoms with E-state index in [1.807, 2.05) is 44.6 Å². The van der Waals surface area contributed by atoms with Crippen LogP contribution in [-0.2, 0) is 11.8 Å². The lowest BCUT2D eigenvalue weighted by Gasteiger charge is -2.36. The third kappa shape index (κ3) is 2.32. The molecular formula is C25H24N2. The van der Waals surface area contributed by atoms with E-state index in [0.717, 1.165) is 38.5 Å². The van der Waals surface area contributed by atoms with Crippen LogP contribution < -0.4 is 0 Å². The Morgan fingerprint density at radius 1 is 1.04 bits per heavy atom. The van der Waals surface area contributed by atoms with E-state index in [4.69, 9.17) is 7.73 Å². The zero-order chi connectivity index (χ0) is 20.6. The molecule has 0 N–H and O–H groups in total. The van der Waals surface area contributed by atoms with Crippen molar-refractivity contribution in [2.75, 3.05) is 0 Å². The molecule has 0 saturated heterocycles.